The molecule has 0 bridgehead atoms. The normalized spacial score (nSPS) is 11.7. The highest BCUT2D eigenvalue weighted by atomic mass is 35.5. The Hall–Kier alpha value is -3.42. The van der Waals surface area contributed by atoms with Crippen LogP contribution in [0, 0.1) is 0 Å². The smallest absolute Gasteiger partial charge is 0.237 e. The third-order valence-electron chi connectivity index (χ3n) is 5.19. The predicted molar refractivity (Wildman–Crippen MR) is 136 cm³/mol. The van der Waals surface area contributed by atoms with Gasteiger partial charge in [0.05, 0.1) is 11.8 Å². The Kier molecular flexibility index (Phi) is 7.45. The first-order chi connectivity index (χ1) is 16.4. The number of amides is 1. The summed E-state index contributed by atoms with van der Waals surface area (Å²) in [6.45, 7) is 3.87. The van der Waals surface area contributed by atoms with E-state index in [1.54, 1.807) is 24.3 Å². The second-order valence-corrected chi connectivity index (χ2v) is 9.52. The van der Waals surface area contributed by atoms with Crippen LogP contribution in [-0.2, 0) is 11.3 Å². The number of benzene rings is 3. The van der Waals surface area contributed by atoms with Crippen LogP contribution in [0.2, 0.25) is 5.02 Å². The zero-order valence-corrected chi connectivity index (χ0v) is 20.3. The van der Waals surface area contributed by atoms with Crippen molar-refractivity contribution in [1.29, 1.82) is 0 Å². The molecule has 8 heteroatoms. The maximum absolute atomic E-state index is 12.9. The van der Waals surface area contributed by atoms with Gasteiger partial charge < -0.3 is 5.32 Å². The Morgan fingerprint density at radius 3 is 2.44 bits per heavy atom. The van der Waals surface area contributed by atoms with Crippen molar-refractivity contribution in [1.82, 2.24) is 14.8 Å². The van der Waals surface area contributed by atoms with Crippen LogP contribution in [0.4, 0.5) is 5.69 Å². The highest BCUT2D eigenvalue weighted by molar-refractivity contribution is 8.00. The minimum absolute atomic E-state index is 0.0535. The molecule has 1 unspecified atom stereocenters. The molecule has 4 aromatic rings. The van der Waals surface area contributed by atoms with Gasteiger partial charge in [0.1, 0.15) is 0 Å². The van der Waals surface area contributed by atoms with Crippen molar-refractivity contribution in [3.8, 4) is 11.4 Å². The second kappa shape index (κ2) is 10.7. The Bertz CT molecular complexity index is 1310. The Balaban J connectivity index is 1.58. The van der Waals surface area contributed by atoms with Gasteiger partial charge in [0, 0.05) is 21.8 Å². The average Bonchev–Trinajstić information content (AvgIpc) is 3.22. The van der Waals surface area contributed by atoms with Crippen molar-refractivity contribution in [2.75, 3.05) is 5.32 Å². The molecule has 0 saturated carbocycles. The van der Waals surface area contributed by atoms with E-state index in [0.29, 0.717) is 33.8 Å². The number of thioether (sulfide) groups is 1. The second-order valence-electron chi connectivity index (χ2n) is 7.77. The SMILES string of the molecule is CC(=O)c1cccc(NC(=O)C(C)Sc2nnc(-c3ccc(Cl)cc3)n2Cc2ccccc2)c1. The van der Waals surface area contributed by atoms with Gasteiger partial charge in [0.2, 0.25) is 5.91 Å². The summed E-state index contributed by atoms with van der Waals surface area (Å²) < 4.78 is 2.00. The number of aromatic nitrogens is 3. The van der Waals surface area contributed by atoms with E-state index in [9.17, 15) is 9.59 Å². The fourth-order valence-electron chi connectivity index (χ4n) is 3.37. The number of halogens is 1. The van der Waals surface area contributed by atoms with Crippen LogP contribution >= 0.6 is 23.4 Å². The lowest BCUT2D eigenvalue weighted by Crippen LogP contribution is -2.23. The van der Waals surface area contributed by atoms with Crippen LogP contribution < -0.4 is 5.32 Å². The lowest BCUT2D eigenvalue weighted by atomic mass is 10.1. The van der Waals surface area contributed by atoms with Gasteiger partial charge in [0.25, 0.3) is 0 Å². The van der Waals surface area contributed by atoms with E-state index in [0.717, 1.165) is 11.1 Å². The molecule has 4 rings (SSSR count). The van der Waals surface area contributed by atoms with E-state index in [1.165, 1.54) is 18.7 Å². The van der Waals surface area contributed by atoms with Gasteiger partial charge in [-0.05, 0) is 55.8 Å². The van der Waals surface area contributed by atoms with Crippen LogP contribution in [-0.4, -0.2) is 31.7 Å². The van der Waals surface area contributed by atoms with E-state index in [-0.39, 0.29) is 11.7 Å². The number of Topliss-reactive ketones (excluding diaryl/α,β-unsaturated/α-hetero) is 1. The van der Waals surface area contributed by atoms with Gasteiger partial charge in [0.15, 0.2) is 16.8 Å². The van der Waals surface area contributed by atoms with Gasteiger partial charge in [-0.3, -0.25) is 14.2 Å². The van der Waals surface area contributed by atoms with Crippen LogP contribution in [0.25, 0.3) is 11.4 Å². The van der Waals surface area contributed by atoms with Gasteiger partial charge in [-0.2, -0.15) is 0 Å². The van der Waals surface area contributed by atoms with Crippen molar-refractivity contribution in [3.63, 3.8) is 0 Å². The quantitative estimate of drug-likeness (QED) is 0.243. The lowest BCUT2D eigenvalue weighted by molar-refractivity contribution is -0.115. The van der Waals surface area contributed by atoms with E-state index >= 15 is 0 Å². The molecule has 0 aliphatic rings. The van der Waals surface area contributed by atoms with E-state index in [4.69, 9.17) is 11.6 Å². The minimum atomic E-state index is -0.447. The first-order valence-corrected chi connectivity index (χ1v) is 12.0. The van der Waals surface area contributed by atoms with Crippen LogP contribution in [0.1, 0.15) is 29.8 Å². The number of hydrogen-bond donors (Lipinski definition) is 1. The summed E-state index contributed by atoms with van der Waals surface area (Å²) in [4.78, 5) is 24.5. The topological polar surface area (TPSA) is 76.9 Å². The molecule has 1 atom stereocenters. The Labute approximate surface area is 207 Å². The van der Waals surface area contributed by atoms with E-state index < -0.39 is 5.25 Å². The molecule has 172 valence electrons. The number of carbonyl (C=O) groups is 2. The standard InChI is InChI=1S/C26H23ClN4O2S/c1-17(32)21-9-6-10-23(15-21)28-25(33)18(2)34-26-30-29-24(20-11-13-22(27)14-12-20)31(26)16-19-7-4-3-5-8-19/h3-15,18H,16H2,1-2H3,(H,28,33). The summed E-state index contributed by atoms with van der Waals surface area (Å²) in [6, 6.07) is 24.4. The number of nitrogens with one attached hydrogen (secondary N) is 1. The molecule has 1 N–H and O–H groups in total. The largest absolute Gasteiger partial charge is 0.325 e. The zero-order valence-electron chi connectivity index (χ0n) is 18.7. The summed E-state index contributed by atoms with van der Waals surface area (Å²) in [7, 11) is 0. The Morgan fingerprint density at radius 1 is 1.00 bits per heavy atom. The van der Waals surface area contributed by atoms with Gasteiger partial charge in [-0.25, -0.2) is 0 Å². The molecule has 0 radical (unpaired) electrons. The fraction of sp³-hybridized carbons (Fsp3) is 0.154. The molecule has 3 aromatic carbocycles. The van der Waals surface area contributed by atoms with Crippen molar-refractivity contribution >= 4 is 40.7 Å². The number of rotatable bonds is 8. The maximum atomic E-state index is 12.9. The molecule has 0 aliphatic carbocycles. The number of nitrogens with zero attached hydrogens (tertiary/aromatic N) is 3. The van der Waals surface area contributed by atoms with Crippen molar-refractivity contribution < 1.29 is 9.59 Å². The highest BCUT2D eigenvalue weighted by Gasteiger charge is 2.21. The molecule has 6 nitrogen and oxygen atoms in total. The van der Waals surface area contributed by atoms with Crippen LogP contribution in [0.15, 0.2) is 84.0 Å². The molecule has 1 aromatic heterocycles. The van der Waals surface area contributed by atoms with Crippen molar-refractivity contribution in [3.05, 3.63) is 95.0 Å². The van der Waals surface area contributed by atoms with Gasteiger partial charge >= 0.3 is 0 Å². The molecule has 0 fully saturated rings. The zero-order chi connectivity index (χ0) is 24.1. The van der Waals surface area contributed by atoms with Crippen molar-refractivity contribution in [2.24, 2.45) is 0 Å². The molecule has 1 heterocycles. The summed E-state index contributed by atoms with van der Waals surface area (Å²) in [5.74, 6) is 0.458. The summed E-state index contributed by atoms with van der Waals surface area (Å²) >= 11 is 7.39. The third kappa shape index (κ3) is 5.73. The number of anilines is 1. The summed E-state index contributed by atoms with van der Waals surface area (Å²) in [5.41, 5.74) is 3.11. The van der Waals surface area contributed by atoms with Crippen LogP contribution in [0.3, 0.4) is 0 Å². The molecular formula is C26H23ClN4O2S. The summed E-state index contributed by atoms with van der Waals surface area (Å²) in [5, 5.41) is 12.5. The number of ketones is 1. The third-order valence-corrected chi connectivity index (χ3v) is 6.52. The van der Waals surface area contributed by atoms with Gasteiger partial charge in [-0.1, -0.05) is 65.8 Å². The monoisotopic (exact) mass is 490 g/mol. The average molecular weight is 491 g/mol. The van der Waals surface area contributed by atoms with Crippen molar-refractivity contribution in [2.45, 2.75) is 30.8 Å². The minimum Gasteiger partial charge on any atom is -0.325 e. The van der Waals surface area contributed by atoms with Crippen LogP contribution in [0.5, 0.6) is 0 Å². The molecule has 34 heavy (non-hydrogen) atoms. The number of carbonyl (C=O) groups excluding carboxylic acids is 2. The number of hydrogen-bond acceptors (Lipinski definition) is 5. The first-order valence-electron chi connectivity index (χ1n) is 10.7. The molecular weight excluding hydrogens is 468 g/mol. The first kappa shape index (κ1) is 23.7. The predicted octanol–water partition coefficient (Wildman–Crippen LogP) is 5.97. The molecule has 0 spiro atoms. The van der Waals surface area contributed by atoms with E-state index in [2.05, 4.69) is 15.5 Å². The van der Waals surface area contributed by atoms with Gasteiger partial charge in [-0.15, -0.1) is 10.2 Å². The molecule has 1 amide bonds. The highest BCUT2D eigenvalue weighted by Crippen LogP contribution is 2.29. The lowest BCUT2D eigenvalue weighted by Gasteiger charge is -2.14. The molecule has 0 saturated heterocycles. The summed E-state index contributed by atoms with van der Waals surface area (Å²) in [6.07, 6.45) is 0. The Morgan fingerprint density at radius 2 is 1.74 bits per heavy atom. The maximum Gasteiger partial charge on any atom is 0.237 e. The molecule has 0 aliphatic heterocycles. The van der Waals surface area contributed by atoms with E-state index in [1.807, 2.05) is 66.1 Å². The fourth-order valence-corrected chi connectivity index (χ4v) is 4.34.